The van der Waals surface area contributed by atoms with E-state index in [0.29, 0.717) is 18.9 Å². The molecule has 0 unspecified atom stereocenters. The number of alkyl halides is 6. The third-order valence-electron chi connectivity index (χ3n) is 5.96. The second-order valence-corrected chi connectivity index (χ2v) is 8.16. The van der Waals surface area contributed by atoms with Crippen LogP contribution in [0.5, 0.6) is 11.5 Å². The number of halogens is 6. The number of rotatable bonds is 6. The van der Waals surface area contributed by atoms with Crippen LogP contribution >= 0.6 is 0 Å². The number of hydrogen-bond donors (Lipinski definition) is 2. The van der Waals surface area contributed by atoms with Crippen LogP contribution < -0.4 is 4.74 Å². The first-order valence-corrected chi connectivity index (χ1v) is 10.3. The zero-order valence-electron chi connectivity index (χ0n) is 17.2. The zero-order chi connectivity index (χ0) is 23.6. The zero-order valence-corrected chi connectivity index (χ0v) is 17.2. The summed E-state index contributed by atoms with van der Waals surface area (Å²) in [5, 5.41) is 18.8. The number of aliphatic hydroxyl groups excluding tert-OH is 1. The summed E-state index contributed by atoms with van der Waals surface area (Å²) in [5.74, 6) is -0.628. The van der Waals surface area contributed by atoms with E-state index in [0.717, 1.165) is 24.8 Å². The minimum atomic E-state index is -5.07. The summed E-state index contributed by atoms with van der Waals surface area (Å²) in [6, 6.07) is 7.02. The second-order valence-electron chi connectivity index (χ2n) is 8.16. The highest BCUT2D eigenvalue weighted by Crippen LogP contribution is 2.45. The molecule has 1 aliphatic rings. The molecule has 3 nitrogen and oxygen atoms in total. The summed E-state index contributed by atoms with van der Waals surface area (Å²) in [7, 11) is 0. The first-order chi connectivity index (χ1) is 15.0. The Morgan fingerprint density at radius 3 is 2.03 bits per heavy atom. The topological polar surface area (TPSA) is 49.7 Å². The van der Waals surface area contributed by atoms with Crippen molar-refractivity contribution in [3.05, 3.63) is 58.7 Å². The molecular formula is C23H24F6O3. The van der Waals surface area contributed by atoms with Crippen molar-refractivity contribution in [3.8, 4) is 11.5 Å². The Morgan fingerprint density at radius 1 is 0.875 bits per heavy atom. The molecule has 0 bridgehead atoms. The van der Waals surface area contributed by atoms with E-state index in [9.17, 15) is 36.6 Å². The van der Waals surface area contributed by atoms with Crippen LogP contribution in [0.3, 0.4) is 0 Å². The summed E-state index contributed by atoms with van der Waals surface area (Å²) >= 11 is 0. The van der Waals surface area contributed by atoms with Crippen molar-refractivity contribution >= 4 is 0 Å². The van der Waals surface area contributed by atoms with E-state index >= 15 is 0 Å². The van der Waals surface area contributed by atoms with E-state index in [1.54, 1.807) is 12.1 Å². The van der Waals surface area contributed by atoms with Crippen LogP contribution in [0.15, 0.2) is 36.4 Å². The average Bonchev–Trinajstić information content (AvgIpc) is 2.72. The van der Waals surface area contributed by atoms with E-state index in [-0.39, 0.29) is 24.0 Å². The van der Waals surface area contributed by atoms with E-state index in [4.69, 9.17) is 4.74 Å². The van der Waals surface area contributed by atoms with Crippen LogP contribution in [0.2, 0.25) is 0 Å². The lowest BCUT2D eigenvalue weighted by molar-refractivity contribution is -0.144. The van der Waals surface area contributed by atoms with Gasteiger partial charge in [0.1, 0.15) is 11.5 Å². The SMILES string of the molecule is OCCc1cc(C(F)(F)F)cc(C(F)(F)F)c1OCC1(c2ccc(O)cc2)CCCCC1. The molecular weight excluding hydrogens is 438 g/mol. The maximum atomic E-state index is 13.7. The molecule has 32 heavy (non-hydrogen) atoms. The molecule has 3 rings (SSSR count). The van der Waals surface area contributed by atoms with Crippen molar-refractivity contribution in [1.82, 2.24) is 0 Å². The van der Waals surface area contributed by atoms with Crippen molar-refractivity contribution < 1.29 is 41.3 Å². The van der Waals surface area contributed by atoms with Gasteiger partial charge in [-0.05, 0) is 54.7 Å². The first kappa shape index (κ1) is 24.2. The Hall–Kier alpha value is -2.42. The Labute approximate surface area is 181 Å². The normalized spacial score (nSPS) is 16.7. The maximum Gasteiger partial charge on any atom is 0.419 e. The van der Waals surface area contributed by atoms with Crippen molar-refractivity contribution in [2.45, 2.75) is 56.3 Å². The third kappa shape index (κ3) is 5.31. The van der Waals surface area contributed by atoms with Gasteiger partial charge < -0.3 is 14.9 Å². The Balaban J connectivity index is 2.04. The highest BCUT2D eigenvalue weighted by atomic mass is 19.4. The number of benzene rings is 2. The number of phenolic OH excluding ortho intramolecular Hbond substituents is 1. The molecule has 9 heteroatoms. The molecule has 176 valence electrons. The lowest BCUT2D eigenvalue weighted by Gasteiger charge is -2.38. The van der Waals surface area contributed by atoms with Gasteiger partial charge in [-0.3, -0.25) is 0 Å². The molecule has 2 N–H and O–H groups in total. The molecule has 0 aliphatic heterocycles. The number of aliphatic hydroxyl groups is 1. The molecule has 1 aliphatic carbocycles. The van der Waals surface area contributed by atoms with Crippen LogP contribution in [0.4, 0.5) is 26.3 Å². The standard InChI is InChI=1S/C23H24F6O3/c24-22(25,26)17-12-15(8-11-30)20(19(13-17)23(27,28)29)32-14-21(9-2-1-3-10-21)16-4-6-18(31)7-5-16/h4-7,12-13,30-31H,1-3,8-11,14H2. The summed E-state index contributed by atoms with van der Waals surface area (Å²) in [5.41, 5.74) is -3.13. The highest BCUT2D eigenvalue weighted by Gasteiger charge is 2.42. The van der Waals surface area contributed by atoms with E-state index in [1.807, 2.05) is 0 Å². The van der Waals surface area contributed by atoms with Gasteiger partial charge in [-0.2, -0.15) is 26.3 Å². The Kier molecular flexibility index (Phi) is 6.97. The molecule has 0 saturated heterocycles. The van der Waals surface area contributed by atoms with Gasteiger partial charge in [0.05, 0.1) is 17.7 Å². The van der Waals surface area contributed by atoms with Crippen LogP contribution in [-0.4, -0.2) is 23.4 Å². The summed E-state index contributed by atoms with van der Waals surface area (Å²) in [4.78, 5) is 0. The second kappa shape index (κ2) is 9.21. The van der Waals surface area contributed by atoms with Gasteiger partial charge in [-0.15, -0.1) is 0 Å². The number of ether oxygens (including phenoxy) is 1. The Bertz CT molecular complexity index is 913. The van der Waals surface area contributed by atoms with E-state index in [2.05, 4.69) is 0 Å². The number of phenols is 1. The molecule has 1 fully saturated rings. The molecule has 0 heterocycles. The minimum Gasteiger partial charge on any atom is -0.508 e. The van der Waals surface area contributed by atoms with Gasteiger partial charge in [0.15, 0.2) is 0 Å². The fourth-order valence-corrected chi connectivity index (χ4v) is 4.31. The molecule has 1 saturated carbocycles. The van der Waals surface area contributed by atoms with Gasteiger partial charge in [-0.1, -0.05) is 31.4 Å². The van der Waals surface area contributed by atoms with E-state index in [1.165, 1.54) is 12.1 Å². The molecule has 2 aromatic rings. The largest absolute Gasteiger partial charge is 0.508 e. The average molecular weight is 462 g/mol. The maximum absolute atomic E-state index is 13.7. The number of hydrogen-bond acceptors (Lipinski definition) is 3. The lowest BCUT2D eigenvalue weighted by atomic mass is 9.70. The van der Waals surface area contributed by atoms with Gasteiger partial charge in [0.25, 0.3) is 0 Å². The van der Waals surface area contributed by atoms with E-state index < -0.39 is 47.7 Å². The van der Waals surface area contributed by atoms with Crippen LogP contribution in [0.25, 0.3) is 0 Å². The van der Waals surface area contributed by atoms with Crippen LogP contribution in [0.1, 0.15) is 54.4 Å². The van der Waals surface area contributed by atoms with Crippen LogP contribution in [-0.2, 0) is 24.2 Å². The lowest BCUT2D eigenvalue weighted by Crippen LogP contribution is -2.36. The summed E-state index contributed by atoms with van der Waals surface area (Å²) < 4.78 is 86.5. The molecule has 0 amide bonds. The van der Waals surface area contributed by atoms with Crippen molar-refractivity contribution in [3.63, 3.8) is 0 Å². The summed E-state index contributed by atoms with van der Waals surface area (Å²) in [6.07, 6.45) is -6.57. The Morgan fingerprint density at radius 2 is 1.50 bits per heavy atom. The summed E-state index contributed by atoms with van der Waals surface area (Å²) in [6.45, 7) is -0.789. The fourth-order valence-electron chi connectivity index (χ4n) is 4.31. The first-order valence-electron chi connectivity index (χ1n) is 10.3. The minimum absolute atomic E-state index is 0.0490. The molecule has 0 aromatic heterocycles. The molecule has 0 atom stereocenters. The van der Waals surface area contributed by atoms with Gasteiger partial charge >= 0.3 is 12.4 Å². The van der Waals surface area contributed by atoms with Gasteiger partial charge in [0.2, 0.25) is 0 Å². The number of aromatic hydroxyl groups is 1. The van der Waals surface area contributed by atoms with Gasteiger partial charge in [-0.25, -0.2) is 0 Å². The van der Waals surface area contributed by atoms with Crippen molar-refractivity contribution in [2.75, 3.05) is 13.2 Å². The quantitative estimate of drug-likeness (QED) is 0.500. The van der Waals surface area contributed by atoms with Crippen LogP contribution in [0, 0.1) is 0 Å². The monoisotopic (exact) mass is 462 g/mol. The highest BCUT2D eigenvalue weighted by molar-refractivity contribution is 5.48. The van der Waals surface area contributed by atoms with Crippen molar-refractivity contribution in [1.29, 1.82) is 0 Å². The van der Waals surface area contributed by atoms with Crippen molar-refractivity contribution in [2.24, 2.45) is 0 Å². The third-order valence-corrected chi connectivity index (χ3v) is 5.96. The predicted molar refractivity (Wildman–Crippen MR) is 106 cm³/mol. The molecule has 0 spiro atoms. The smallest absolute Gasteiger partial charge is 0.419 e. The molecule has 2 aromatic carbocycles. The fraction of sp³-hybridized carbons (Fsp3) is 0.478. The van der Waals surface area contributed by atoms with Gasteiger partial charge in [0, 0.05) is 12.0 Å². The predicted octanol–water partition coefficient (Wildman–Crippen LogP) is 6.25. The molecule has 0 radical (unpaired) electrons.